The van der Waals surface area contributed by atoms with Crippen molar-refractivity contribution in [3.63, 3.8) is 0 Å². The molecule has 0 saturated carbocycles. The maximum absolute atomic E-state index is 16.2. The molecular weight excluding hydrogens is 855 g/mol. The molecule has 0 aromatic heterocycles. The van der Waals surface area contributed by atoms with E-state index in [2.05, 4.69) is 10.6 Å². The van der Waals surface area contributed by atoms with E-state index >= 15 is 8.78 Å². The summed E-state index contributed by atoms with van der Waals surface area (Å²) in [5.41, 5.74) is -1.86. The van der Waals surface area contributed by atoms with E-state index in [1.807, 2.05) is 20.8 Å². The molecule has 5 atom stereocenters. The van der Waals surface area contributed by atoms with Gasteiger partial charge in [0.1, 0.15) is 24.0 Å². The van der Waals surface area contributed by atoms with Crippen LogP contribution in [-0.4, -0.2) is 109 Å². The number of hydrogen-bond donors (Lipinski definition) is 3. The molecule has 0 bridgehead atoms. The van der Waals surface area contributed by atoms with E-state index in [0.717, 1.165) is 6.07 Å². The molecule has 340 valence electrons. The second-order valence-corrected chi connectivity index (χ2v) is 16.5. The summed E-state index contributed by atoms with van der Waals surface area (Å²) >= 11 is 12.5. The Bertz CT molecular complexity index is 2020. The normalized spacial score (nSPS) is 19.1. The average molecular weight is 911 g/mol. The van der Waals surface area contributed by atoms with Gasteiger partial charge in [0.2, 0.25) is 12.2 Å². The van der Waals surface area contributed by atoms with Crippen LogP contribution in [0.1, 0.15) is 68.4 Å². The predicted molar refractivity (Wildman–Crippen MR) is 229 cm³/mol. The molecule has 1 aliphatic rings. The fraction of sp³-hybridized carbons (Fsp3) is 0.500. The van der Waals surface area contributed by atoms with Crippen molar-refractivity contribution >= 4 is 52.6 Å². The number of nitrogens with one attached hydrogen (secondary N) is 3. The highest BCUT2D eigenvalue weighted by molar-refractivity contribution is 6.31. The molecule has 1 fully saturated rings. The van der Waals surface area contributed by atoms with Gasteiger partial charge in [0.05, 0.1) is 81.1 Å². The number of benzene rings is 3. The molecule has 1 heterocycles. The zero-order valence-electron chi connectivity index (χ0n) is 35.9. The van der Waals surface area contributed by atoms with Crippen molar-refractivity contribution in [1.29, 1.82) is 5.41 Å². The van der Waals surface area contributed by atoms with E-state index in [1.165, 1.54) is 69.5 Å². The SMILES string of the molecule is COCCOCCOCCOCCOC(=O)OC(C)OC(=O)c1ccc(NC(=O)[C@@H]2N[C@@H](CC(C)(C)C)[C@](C(C)=N)(c3ccc(Cl)cc3F)[C@H]2c2cccc(Cl)c2F)c(OC)c1. The van der Waals surface area contributed by atoms with Crippen LogP contribution in [0.4, 0.5) is 19.3 Å². The number of ether oxygens (including phenoxy) is 8. The lowest BCUT2D eigenvalue weighted by atomic mass is 9.59. The van der Waals surface area contributed by atoms with Gasteiger partial charge in [0.15, 0.2) is 0 Å². The summed E-state index contributed by atoms with van der Waals surface area (Å²) < 4.78 is 74.2. The summed E-state index contributed by atoms with van der Waals surface area (Å²) in [7, 11) is 2.91. The van der Waals surface area contributed by atoms with E-state index in [-0.39, 0.29) is 63.7 Å². The van der Waals surface area contributed by atoms with Crippen LogP contribution in [-0.2, 0) is 43.4 Å². The number of methoxy groups -OCH3 is 2. The van der Waals surface area contributed by atoms with Gasteiger partial charge >= 0.3 is 12.1 Å². The first-order chi connectivity index (χ1) is 29.4. The van der Waals surface area contributed by atoms with E-state index < -0.39 is 64.8 Å². The molecule has 3 aromatic carbocycles. The van der Waals surface area contributed by atoms with Gasteiger partial charge in [0, 0.05) is 42.3 Å². The summed E-state index contributed by atoms with van der Waals surface area (Å²) in [6.45, 7) is 11.1. The van der Waals surface area contributed by atoms with Crippen LogP contribution >= 0.6 is 23.2 Å². The first-order valence-corrected chi connectivity index (χ1v) is 20.7. The van der Waals surface area contributed by atoms with E-state index in [1.54, 1.807) is 7.11 Å². The largest absolute Gasteiger partial charge is 0.511 e. The molecule has 1 aliphatic heterocycles. The van der Waals surface area contributed by atoms with Crippen molar-refractivity contribution in [2.75, 3.05) is 72.4 Å². The Morgan fingerprint density at radius 2 is 1.53 bits per heavy atom. The maximum Gasteiger partial charge on any atom is 0.511 e. The molecule has 1 amide bonds. The van der Waals surface area contributed by atoms with Gasteiger partial charge in [-0.25, -0.2) is 18.4 Å². The average Bonchev–Trinajstić information content (AvgIpc) is 3.53. The Hall–Kier alpha value is -4.42. The molecule has 62 heavy (non-hydrogen) atoms. The molecule has 3 aromatic rings. The predicted octanol–water partition coefficient (Wildman–Crippen LogP) is 8.11. The second kappa shape index (κ2) is 23.3. The Balaban J connectivity index is 1.47. The number of anilines is 1. The number of carbonyl (C=O) groups is 3. The van der Waals surface area contributed by atoms with Crippen LogP contribution in [0.2, 0.25) is 10.0 Å². The van der Waals surface area contributed by atoms with Gasteiger partial charge < -0.3 is 53.9 Å². The number of hydrogen-bond acceptors (Lipinski definition) is 13. The summed E-state index contributed by atoms with van der Waals surface area (Å²) in [5, 5.41) is 15.4. The number of halogens is 4. The minimum atomic E-state index is -1.61. The molecule has 0 spiro atoms. The highest BCUT2D eigenvalue weighted by Crippen LogP contribution is 2.54. The van der Waals surface area contributed by atoms with Crippen molar-refractivity contribution in [3.05, 3.63) is 93.0 Å². The first-order valence-electron chi connectivity index (χ1n) is 19.9. The molecule has 3 N–H and O–H groups in total. The van der Waals surface area contributed by atoms with E-state index in [9.17, 15) is 19.8 Å². The zero-order chi connectivity index (χ0) is 45.6. The van der Waals surface area contributed by atoms with Crippen LogP contribution in [0.15, 0.2) is 54.6 Å². The van der Waals surface area contributed by atoms with Crippen molar-refractivity contribution in [3.8, 4) is 5.75 Å². The number of rotatable bonds is 22. The standard InChI is InChI=1S/C44H55Cl2F2N3O11/c1-26(49)44(31-13-12-29(45)24-33(31)47)36(25-43(3,4)5)51-39(37(44)30-9-8-10-32(46)38(30)48)40(52)50-34-14-11-28(23-35(34)56-7)41(53)61-27(2)62-42(54)60-22-21-59-20-19-58-18-17-57-16-15-55-6/h8-14,23-24,27,36-37,39,49,51H,15-22,25H2,1-7H3,(H,50,52)/t27?,36-,37-,39+,44-/m0/s1. The fourth-order valence-electron chi connectivity index (χ4n) is 7.46. The van der Waals surface area contributed by atoms with Gasteiger partial charge in [-0.05, 0) is 60.7 Å². The summed E-state index contributed by atoms with van der Waals surface area (Å²) in [6.07, 6.45) is -2.09. The van der Waals surface area contributed by atoms with Crippen molar-refractivity contribution in [2.45, 2.75) is 70.7 Å². The first kappa shape index (κ1) is 50.2. The Kier molecular flexibility index (Phi) is 18.9. The second-order valence-electron chi connectivity index (χ2n) is 15.6. The summed E-state index contributed by atoms with van der Waals surface area (Å²) in [4.78, 5) is 39.8. The molecule has 18 heteroatoms. The van der Waals surface area contributed by atoms with Crippen LogP contribution in [0.3, 0.4) is 0 Å². The Morgan fingerprint density at radius 1 is 0.887 bits per heavy atom. The van der Waals surface area contributed by atoms with Gasteiger partial charge in [-0.2, -0.15) is 0 Å². The summed E-state index contributed by atoms with van der Waals surface area (Å²) in [6, 6.07) is 10.5. The van der Waals surface area contributed by atoms with Crippen molar-refractivity contribution < 1.29 is 61.1 Å². The third-order valence-electron chi connectivity index (χ3n) is 10.0. The van der Waals surface area contributed by atoms with Gasteiger partial charge in [-0.3, -0.25) is 4.79 Å². The van der Waals surface area contributed by atoms with Crippen molar-refractivity contribution in [1.82, 2.24) is 5.32 Å². The van der Waals surface area contributed by atoms with Crippen LogP contribution in [0.5, 0.6) is 5.75 Å². The van der Waals surface area contributed by atoms with E-state index in [4.69, 9.17) is 61.1 Å². The molecule has 4 rings (SSSR count). The quantitative estimate of drug-likeness (QED) is 0.0383. The van der Waals surface area contributed by atoms with Gasteiger partial charge in [-0.15, -0.1) is 0 Å². The molecule has 0 radical (unpaired) electrons. The molecule has 14 nitrogen and oxygen atoms in total. The number of amides is 1. The van der Waals surface area contributed by atoms with E-state index in [0.29, 0.717) is 39.5 Å². The van der Waals surface area contributed by atoms with Crippen LogP contribution in [0.25, 0.3) is 0 Å². The molecular formula is C44H55Cl2F2N3O11. The lowest BCUT2D eigenvalue weighted by Crippen LogP contribution is -2.50. The van der Waals surface area contributed by atoms with Crippen LogP contribution in [0, 0.1) is 22.5 Å². The highest BCUT2D eigenvalue weighted by Gasteiger charge is 2.61. The van der Waals surface area contributed by atoms with Crippen LogP contribution < -0.4 is 15.4 Å². The lowest BCUT2D eigenvalue weighted by molar-refractivity contribution is -0.118. The maximum atomic E-state index is 16.2. The topological polar surface area (TPSA) is 173 Å². The molecule has 1 saturated heterocycles. The van der Waals surface area contributed by atoms with Crippen molar-refractivity contribution in [2.24, 2.45) is 5.41 Å². The Labute approximate surface area is 370 Å². The minimum Gasteiger partial charge on any atom is -0.495 e. The number of esters is 1. The smallest absolute Gasteiger partial charge is 0.495 e. The number of carbonyl (C=O) groups excluding carboxylic acids is 3. The lowest BCUT2D eigenvalue weighted by Gasteiger charge is -2.42. The third-order valence-corrected chi connectivity index (χ3v) is 10.5. The summed E-state index contributed by atoms with van der Waals surface area (Å²) in [5.74, 6) is -4.25. The monoisotopic (exact) mass is 909 g/mol. The Morgan fingerprint density at radius 3 is 2.13 bits per heavy atom. The molecule has 0 aliphatic carbocycles. The third kappa shape index (κ3) is 13.1. The molecule has 1 unspecified atom stereocenters. The highest BCUT2D eigenvalue weighted by atomic mass is 35.5. The van der Waals surface area contributed by atoms with Gasteiger partial charge in [-0.1, -0.05) is 62.2 Å². The minimum absolute atomic E-state index is 0.00130. The van der Waals surface area contributed by atoms with Gasteiger partial charge in [0.25, 0.3) is 0 Å². The zero-order valence-corrected chi connectivity index (χ0v) is 37.4. The fourth-order valence-corrected chi connectivity index (χ4v) is 7.80.